The molecular weight excluding hydrogens is 484 g/mol. The zero-order chi connectivity index (χ0) is 25.7. The maximum atomic E-state index is 15.8. The third-order valence-electron chi connectivity index (χ3n) is 7.25. The minimum atomic E-state index is -4.25. The minimum Gasteiger partial charge on any atom is -0.296 e. The molecule has 0 saturated heterocycles. The second-order valence-electron chi connectivity index (χ2n) is 10.0. The Bertz CT molecular complexity index is 1450. The van der Waals surface area contributed by atoms with E-state index in [1.165, 1.54) is 10.9 Å². The molecule has 6 nitrogen and oxygen atoms in total. The quantitative estimate of drug-likeness (QED) is 0.499. The first-order chi connectivity index (χ1) is 17.1. The highest BCUT2D eigenvalue weighted by atomic mass is 32.2. The smallest absolute Gasteiger partial charge is 0.257 e. The summed E-state index contributed by atoms with van der Waals surface area (Å²) in [7, 11) is -4.25. The van der Waals surface area contributed by atoms with Crippen molar-refractivity contribution in [2.75, 3.05) is 0 Å². The lowest BCUT2D eigenvalue weighted by molar-refractivity contribution is 0.371. The predicted molar refractivity (Wildman–Crippen MR) is 134 cm³/mol. The van der Waals surface area contributed by atoms with Crippen molar-refractivity contribution in [2.24, 2.45) is 0 Å². The lowest BCUT2D eigenvalue weighted by atomic mass is 9.78. The van der Waals surface area contributed by atoms with Crippen LogP contribution in [-0.4, -0.2) is 29.0 Å². The van der Waals surface area contributed by atoms with Gasteiger partial charge in [-0.3, -0.25) is 9.36 Å². The van der Waals surface area contributed by atoms with Crippen molar-refractivity contribution in [3.63, 3.8) is 0 Å². The van der Waals surface area contributed by atoms with Crippen LogP contribution in [0.4, 0.5) is 8.78 Å². The third-order valence-corrected chi connectivity index (χ3v) is 9.24. The molecule has 0 spiro atoms. The molecule has 2 atom stereocenters. The van der Waals surface area contributed by atoms with Crippen LogP contribution in [0.1, 0.15) is 61.9 Å². The highest BCUT2D eigenvalue weighted by molar-refractivity contribution is 7.91. The van der Waals surface area contributed by atoms with Crippen LogP contribution >= 0.6 is 0 Å². The van der Waals surface area contributed by atoms with Crippen molar-refractivity contribution in [1.29, 1.82) is 0 Å². The number of nitrogens with zero attached hydrogens (tertiary/aromatic N) is 2. The standard InChI is InChI=1S/C27H29F2N3O3S/c1-17(2)32-16-30-23-12-11-22(31-36(34,35)27(29)13-14-27)21(24(23)26(32)33)15-19-9-6-10-20(25(19)28)18-7-4-3-5-8-18/h3-10,16-17,21-22,31H,11-15H2,1-2H3/t21-,22-/m0/s1. The van der Waals surface area contributed by atoms with Gasteiger partial charge in [-0.05, 0) is 44.2 Å². The highest BCUT2D eigenvalue weighted by Crippen LogP contribution is 2.45. The van der Waals surface area contributed by atoms with Crippen LogP contribution in [0.15, 0.2) is 59.7 Å². The van der Waals surface area contributed by atoms with Gasteiger partial charge in [0.1, 0.15) is 5.82 Å². The van der Waals surface area contributed by atoms with E-state index >= 15 is 4.39 Å². The fraction of sp³-hybridized carbons (Fsp3) is 0.407. The molecule has 0 aliphatic heterocycles. The van der Waals surface area contributed by atoms with Crippen molar-refractivity contribution in [3.05, 3.63) is 87.9 Å². The highest BCUT2D eigenvalue weighted by Gasteiger charge is 2.57. The molecule has 0 bridgehead atoms. The summed E-state index contributed by atoms with van der Waals surface area (Å²) in [6.45, 7) is 3.72. The van der Waals surface area contributed by atoms with Gasteiger partial charge in [-0.2, -0.15) is 0 Å². The number of fused-ring (bicyclic) bond motifs is 1. The Kier molecular flexibility index (Phi) is 6.32. The Morgan fingerprint density at radius 2 is 1.86 bits per heavy atom. The fourth-order valence-corrected chi connectivity index (χ4v) is 6.55. The van der Waals surface area contributed by atoms with Gasteiger partial charge in [-0.1, -0.05) is 48.5 Å². The Morgan fingerprint density at radius 1 is 1.14 bits per heavy atom. The van der Waals surface area contributed by atoms with Gasteiger partial charge in [-0.15, -0.1) is 0 Å². The number of hydrogen-bond acceptors (Lipinski definition) is 4. The average molecular weight is 514 g/mol. The molecule has 2 aliphatic rings. The first-order valence-electron chi connectivity index (χ1n) is 12.2. The molecule has 1 aromatic heterocycles. The maximum absolute atomic E-state index is 15.8. The van der Waals surface area contributed by atoms with E-state index in [9.17, 15) is 17.6 Å². The van der Waals surface area contributed by atoms with Gasteiger partial charge in [0.25, 0.3) is 5.56 Å². The van der Waals surface area contributed by atoms with Gasteiger partial charge in [0.05, 0.1) is 12.0 Å². The number of halogens is 2. The lowest BCUT2D eigenvalue weighted by Crippen LogP contribution is -2.48. The number of sulfonamides is 1. The number of nitrogens with one attached hydrogen (secondary N) is 1. The van der Waals surface area contributed by atoms with Crippen LogP contribution in [0.2, 0.25) is 0 Å². The van der Waals surface area contributed by atoms with Crippen molar-refractivity contribution in [2.45, 2.75) is 69.0 Å². The molecule has 1 saturated carbocycles. The van der Waals surface area contributed by atoms with Crippen molar-refractivity contribution in [1.82, 2.24) is 14.3 Å². The number of benzene rings is 2. The molecule has 2 aromatic carbocycles. The fourth-order valence-electron chi connectivity index (χ4n) is 5.02. The molecule has 0 unspecified atom stereocenters. The zero-order valence-corrected chi connectivity index (χ0v) is 21.1. The van der Waals surface area contributed by atoms with Gasteiger partial charge >= 0.3 is 0 Å². The monoisotopic (exact) mass is 513 g/mol. The van der Waals surface area contributed by atoms with Gasteiger partial charge in [0, 0.05) is 42.0 Å². The van der Waals surface area contributed by atoms with Gasteiger partial charge < -0.3 is 0 Å². The summed E-state index contributed by atoms with van der Waals surface area (Å²) in [5.74, 6) is -1.12. The predicted octanol–water partition coefficient (Wildman–Crippen LogP) is 4.65. The van der Waals surface area contributed by atoms with Crippen LogP contribution in [0, 0.1) is 5.82 Å². The number of aryl methyl sites for hydroxylation is 1. The Hall–Kier alpha value is -2.91. The van der Waals surface area contributed by atoms with Gasteiger partial charge in [0.15, 0.2) is 0 Å². The molecule has 190 valence electrons. The summed E-state index contributed by atoms with van der Waals surface area (Å²) >= 11 is 0. The van der Waals surface area contributed by atoms with E-state index in [1.807, 2.05) is 44.2 Å². The Balaban J connectivity index is 1.59. The van der Waals surface area contributed by atoms with Gasteiger partial charge in [-0.25, -0.2) is 26.9 Å². The number of hydrogen-bond donors (Lipinski definition) is 1. The molecule has 9 heteroatoms. The van der Waals surface area contributed by atoms with E-state index < -0.39 is 32.8 Å². The number of aromatic nitrogens is 2. The van der Waals surface area contributed by atoms with Crippen molar-refractivity contribution >= 4 is 10.0 Å². The summed E-state index contributed by atoms with van der Waals surface area (Å²) in [6, 6.07) is 13.3. The summed E-state index contributed by atoms with van der Waals surface area (Å²) in [4.78, 5) is 18.0. The van der Waals surface area contributed by atoms with E-state index in [0.29, 0.717) is 35.2 Å². The molecule has 5 rings (SSSR count). The molecule has 3 aromatic rings. The van der Waals surface area contributed by atoms with E-state index in [-0.39, 0.29) is 30.9 Å². The van der Waals surface area contributed by atoms with Crippen molar-refractivity contribution < 1.29 is 17.2 Å². The number of rotatable bonds is 7. The van der Waals surface area contributed by atoms with Crippen molar-refractivity contribution in [3.8, 4) is 11.1 Å². The van der Waals surface area contributed by atoms with E-state index in [1.54, 1.807) is 18.2 Å². The Labute approximate surface area is 209 Å². The topological polar surface area (TPSA) is 81.1 Å². The van der Waals surface area contributed by atoms with E-state index in [0.717, 1.165) is 5.56 Å². The maximum Gasteiger partial charge on any atom is 0.257 e. The first kappa shape index (κ1) is 24.8. The molecular formula is C27H29F2N3O3S. The average Bonchev–Trinajstić information content (AvgIpc) is 3.61. The lowest BCUT2D eigenvalue weighted by Gasteiger charge is -2.34. The first-order valence-corrected chi connectivity index (χ1v) is 13.7. The SMILES string of the molecule is CC(C)n1cnc2c(c1=O)[C@@H](Cc1cccc(-c3ccccc3)c1F)[C@@H](NS(=O)(=O)C1(F)CC1)CC2. The van der Waals surface area contributed by atoms with Crippen LogP contribution < -0.4 is 10.3 Å². The summed E-state index contributed by atoms with van der Waals surface area (Å²) in [6.07, 6.45) is 2.19. The second kappa shape index (κ2) is 9.19. The summed E-state index contributed by atoms with van der Waals surface area (Å²) in [5.41, 5.74) is 2.18. The number of alkyl halides is 1. The summed E-state index contributed by atoms with van der Waals surface area (Å²) < 4.78 is 60.1. The van der Waals surface area contributed by atoms with Gasteiger partial charge in [0.2, 0.25) is 15.0 Å². The largest absolute Gasteiger partial charge is 0.296 e. The normalized spacial score (nSPS) is 20.8. The summed E-state index contributed by atoms with van der Waals surface area (Å²) in [5, 5.41) is -2.27. The van der Waals surface area contributed by atoms with Crippen LogP contribution in [-0.2, 0) is 22.9 Å². The molecule has 36 heavy (non-hydrogen) atoms. The molecule has 2 aliphatic carbocycles. The second-order valence-corrected chi connectivity index (χ2v) is 12.0. The molecule has 0 amide bonds. The van der Waals surface area contributed by atoms with E-state index in [2.05, 4.69) is 9.71 Å². The third kappa shape index (κ3) is 4.39. The Morgan fingerprint density at radius 3 is 2.53 bits per heavy atom. The van der Waals surface area contributed by atoms with E-state index in [4.69, 9.17) is 0 Å². The molecule has 1 N–H and O–H groups in total. The minimum absolute atomic E-state index is 0.0498. The van der Waals surface area contributed by atoms with Crippen LogP contribution in [0.25, 0.3) is 11.1 Å². The molecule has 0 radical (unpaired) electrons. The molecule has 1 fully saturated rings. The van der Waals surface area contributed by atoms with Crippen LogP contribution in [0.3, 0.4) is 0 Å². The molecule has 1 heterocycles. The zero-order valence-electron chi connectivity index (χ0n) is 20.2. The van der Waals surface area contributed by atoms with Crippen LogP contribution in [0.5, 0.6) is 0 Å².